The highest BCUT2D eigenvalue weighted by Gasteiger charge is 1.99. The molecule has 0 aliphatic carbocycles. The summed E-state index contributed by atoms with van der Waals surface area (Å²) >= 11 is 1.72. The predicted octanol–water partition coefficient (Wildman–Crippen LogP) is 2.40. The first-order valence-electron chi connectivity index (χ1n) is 4.79. The van der Waals surface area contributed by atoms with Gasteiger partial charge in [0.25, 0.3) is 0 Å². The highest BCUT2D eigenvalue weighted by Crippen LogP contribution is 2.26. The Labute approximate surface area is 90.0 Å². The number of ether oxygens (including phenoxy) is 1. The molecule has 0 spiro atoms. The zero-order chi connectivity index (χ0) is 10.2. The minimum atomic E-state index is 0.776. The third-order valence-corrected chi connectivity index (χ3v) is 2.67. The van der Waals surface area contributed by atoms with Crippen molar-refractivity contribution in [3.63, 3.8) is 0 Å². The van der Waals surface area contributed by atoms with Gasteiger partial charge < -0.3 is 10.1 Å². The van der Waals surface area contributed by atoms with Crippen molar-refractivity contribution in [3.8, 4) is 5.75 Å². The first-order chi connectivity index (χ1) is 6.88. The van der Waals surface area contributed by atoms with Crippen molar-refractivity contribution in [2.75, 3.05) is 26.5 Å². The third-order valence-electron chi connectivity index (χ3n) is 1.90. The molecule has 0 saturated carbocycles. The molecule has 0 heterocycles. The maximum atomic E-state index is 5.67. The lowest BCUT2D eigenvalue weighted by Gasteiger charge is -2.09. The number of thioether (sulfide) groups is 1. The summed E-state index contributed by atoms with van der Waals surface area (Å²) in [6, 6.07) is 8.14. The zero-order valence-corrected chi connectivity index (χ0v) is 9.56. The van der Waals surface area contributed by atoms with Crippen molar-refractivity contribution in [2.24, 2.45) is 0 Å². The Hall–Kier alpha value is -0.670. The Morgan fingerprint density at radius 2 is 2.14 bits per heavy atom. The van der Waals surface area contributed by atoms with Crippen LogP contribution < -0.4 is 10.1 Å². The van der Waals surface area contributed by atoms with E-state index in [1.165, 1.54) is 4.90 Å². The maximum Gasteiger partial charge on any atom is 0.132 e. The molecule has 0 fully saturated rings. The van der Waals surface area contributed by atoms with E-state index < -0.39 is 0 Å². The zero-order valence-electron chi connectivity index (χ0n) is 8.75. The second-order valence-electron chi connectivity index (χ2n) is 2.96. The average molecular weight is 211 g/mol. The number of hydrogen-bond acceptors (Lipinski definition) is 3. The number of hydrogen-bond donors (Lipinski definition) is 1. The van der Waals surface area contributed by atoms with Crippen LogP contribution in [-0.4, -0.2) is 26.5 Å². The molecule has 1 rings (SSSR count). The summed E-state index contributed by atoms with van der Waals surface area (Å²) in [6.45, 7) is 1.78. The second kappa shape index (κ2) is 6.74. The lowest BCUT2D eigenvalue weighted by molar-refractivity contribution is 0.303. The molecule has 1 aromatic rings. The van der Waals surface area contributed by atoms with E-state index in [0.29, 0.717) is 0 Å². The van der Waals surface area contributed by atoms with E-state index in [1.54, 1.807) is 11.8 Å². The van der Waals surface area contributed by atoms with Gasteiger partial charge in [-0.2, -0.15) is 0 Å². The smallest absolute Gasteiger partial charge is 0.132 e. The fraction of sp³-hybridized carbons (Fsp3) is 0.455. The van der Waals surface area contributed by atoms with Crippen molar-refractivity contribution >= 4 is 11.8 Å². The summed E-state index contributed by atoms with van der Waals surface area (Å²) in [4.78, 5) is 1.21. The van der Waals surface area contributed by atoms with Crippen LogP contribution in [0.2, 0.25) is 0 Å². The molecular weight excluding hydrogens is 194 g/mol. The molecule has 0 unspecified atom stereocenters. The molecule has 0 bridgehead atoms. The van der Waals surface area contributed by atoms with E-state index in [1.807, 2.05) is 25.2 Å². The van der Waals surface area contributed by atoms with Crippen LogP contribution in [0.4, 0.5) is 0 Å². The van der Waals surface area contributed by atoms with Crippen LogP contribution in [0.5, 0.6) is 5.75 Å². The van der Waals surface area contributed by atoms with E-state index in [2.05, 4.69) is 17.6 Å². The molecule has 2 nitrogen and oxygen atoms in total. The number of rotatable bonds is 6. The van der Waals surface area contributed by atoms with Crippen LogP contribution in [0, 0.1) is 0 Å². The molecule has 3 heteroatoms. The molecule has 0 aliphatic rings. The maximum absolute atomic E-state index is 5.67. The van der Waals surface area contributed by atoms with Gasteiger partial charge in [-0.1, -0.05) is 12.1 Å². The summed E-state index contributed by atoms with van der Waals surface area (Å²) in [5, 5.41) is 3.10. The van der Waals surface area contributed by atoms with Gasteiger partial charge in [0.2, 0.25) is 0 Å². The van der Waals surface area contributed by atoms with Crippen molar-refractivity contribution < 1.29 is 4.74 Å². The Morgan fingerprint density at radius 3 is 2.86 bits per heavy atom. The van der Waals surface area contributed by atoms with Gasteiger partial charge in [-0.15, -0.1) is 11.8 Å². The first kappa shape index (κ1) is 11.4. The standard InChI is InChI=1S/C11H17NOS/c1-12-8-5-9-13-10-6-3-4-7-11(10)14-2/h3-4,6-7,12H,5,8-9H2,1-2H3. The summed E-state index contributed by atoms with van der Waals surface area (Å²) < 4.78 is 5.67. The molecule has 0 radical (unpaired) electrons. The van der Waals surface area contributed by atoms with Gasteiger partial charge in [0.05, 0.1) is 6.61 Å². The van der Waals surface area contributed by atoms with Gasteiger partial charge in [0, 0.05) is 4.90 Å². The molecule has 0 atom stereocenters. The largest absolute Gasteiger partial charge is 0.492 e. The predicted molar refractivity (Wildman–Crippen MR) is 62.3 cm³/mol. The van der Waals surface area contributed by atoms with Gasteiger partial charge in [-0.25, -0.2) is 0 Å². The Morgan fingerprint density at radius 1 is 1.36 bits per heavy atom. The summed E-state index contributed by atoms with van der Waals surface area (Å²) in [6.07, 6.45) is 3.11. The molecular formula is C11H17NOS. The molecule has 0 amide bonds. The average Bonchev–Trinajstić information content (AvgIpc) is 2.25. The van der Waals surface area contributed by atoms with Gasteiger partial charge >= 0.3 is 0 Å². The Bertz CT molecular complexity index is 265. The van der Waals surface area contributed by atoms with Crippen molar-refractivity contribution in [2.45, 2.75) is 11.3 Å². The lowest BCUT2D eigenvalue weighted by Crippen LogP contribution is -2.11. The van der Waals surface area contributed by atoms with Crippen LogP contribution in [0.1, 0.15) is 6.42 Å². The molecule has 78 valence electrons. The van der Waals surface area contributed by atoms with Gasteiger partial charge in [-0.3, -0.25) is 0 Å². The van der Waals surface area contributed by atoms with E-state index in [4.69, 9.17) is 4.74 Å². The normalized spacial score (nSPS) is 10.1. The van der Waals surface area contributed by atoms with Crippen LogP contribution in [0.3, 0.4) is 0 Å². The summed E-state index contributed by atoms with van der Waals surface area (Å²) in [5.41, 5.74) is 0. The Balaban J connectivity index is 2.41. The van der Waals surface area contributed by atoms with E-state index in [9.17, 15) is 0 Å². The highest BCUT2D eigenvalue weighted by molar-refractivity contribution is 7.98. The molecule has 0 aromatic heterocycles. The van der Waals surface area contributed by atoms with E-state index >= 15 is 0 Å². The van der Waals surface area contributed by atoms with Crippen molar-refractivity contribution in [1.29, 1.82) is 0 Å². The van der Waals surface area contributed by atoms with Crippen LogP contribution >= 0.6 is 11.8 Å². The summed E-state index contributed by atoms with van der Waals surface area (Å²) in [5.74, 6) is 0.996. The van der Waals surface area contributed by atoms with E-state index in [0.717, 1.165) is 25.3 Å². The van der Waals surface area contributed by atoms with Crippen molar-refractivity contribution in [1.82, 2.24) is 5.32 Å². The first-order valence-corrected chi connectivity index (χ1v) is 6.01. The quantitative estimate of drug-likeness (QED) is 0.576. The number of para-hydroxylation sites is 1. The SMILES string of the molecule is CNCCCOc1ccccc1SC. The number of benzene rings is 1. The van der Waals surface area contributed by atoms with Crippen LogP contribution in [-0.2, 0) is 0 Å². The molecule has 1 aromatic carbocycles. The molecule has 0 aliphatic heterocycles. The number of nitrogens with one attached hydrogen (secondary N) is 1. The molecule has 0 saturated heterocycles. The second-order valence-corrected chi connectivity index (χ2v) is 3.80. The minimum absolute atomic E-state index is 0.776. The van der Waals surface area contributed by atoms with Crippen LogP contribution in [0.25, 0.3) is 0 Å². The fourth-order valence-electron chi connectivity index (χ4n) is 1.17. The highest BCUT2D eigenvalue weighted by atomic mass is 32.2. The fourth-order valence-corrected chi connectivity index (χ4v) is 1.71. The molecule has 14 heavy (non-hydrogen) atoms. The van der Waals surface area contributed by atoms with Gasteiger partial charge in [0.15, 0.2) is 0 Å². The van der Waals surface area contributed by atoms with E-state index in [-0.39, 0.29) is 0 Å². The van der Waals surface area contributed by atoms with Crippen LogP contribution in [0.15, 0.2) is 29.2 Å². The molecule has 1 N–H and O–H groups in total. The van der Waals surface area contributed by atoms with Gasteiger partial charge in [0.1, 0.15) is 5.75 Å². The topological polar surface area (TPSA) is 21.3 Å². The monoisotopic (exact) mass is 211 g/mol. The summed E-state index contributed by atoms with van der Waals surface area (Å²) in [7, 11) is 1.95. The lowest BCUT2D eigenvalue weighted by atomic mass is 10.3. The third kappa shape index (κ3) is 3.60. The van der Waals surface area contributed by atoms with Crippen molar-refractivity contribution in [3.05, 3.63) is 24.3 Å². The van der Waals surface area contributed by atoms with Gasteiger partial charge in [-0.05, 0) is 38.4 Å². The Kier molecular flexibility index (Phi) is 5.49. The minimum Gasteiger partial charge on any atom is -0.492 e.